The monoisotopic (exact) mass is 476 g/mol. The van der Waals surface area contributed by atoms with E-state index in [-0.39, 0.29) is 25.0 Å². The average Bonchev–Trinajstić information content (AvgIpc) is 2.77. The van der Waals surface area contributed by atoms with Gasteiger partial charge in [-0.2, -0.15) is 0 Å². The van der Waals surface area contributed by atoms with E-state index in [0.29, 0.717) is 28.7 Å². The highest BCUT2D eigenvalue weighted by molar-refractivity contribution is 6.30. The van der Waals surface area contributed by atoms with Gasteiger partial charge < -0.3 is 24.4 Å². The maximum atomic E-state index is 13.3. The molecule has 1 N–H and O–H groups in total. The zero-order chi connectivity index (χ0) is 24.6. The van der Waals surface area contributed by atoms with E-state index in [1.807, 2.05) is 39.8 Å². The van der Waals surface area contributed by atoms with Crippen LogP contribution in [0.25, 0.3) is 0 Å². The number of methoxy groups -OCH3 is 2. The van der Waals surface area contributed by atoms with Crippen molar-refractivity contribution >= 4 is 23.4 Å². The Morgan fingerprint density at radius 2 is 1.55 bits per heavy atom. The van der Waals surface area contributed by atoms with Crippen LogP contribution in [0, 0.1) is 0 Å². The molecule has 7 nitrogen and oxygen atoms in total. The lowest BCUT2D eigenvalue weighted by molar-refractivity contribution is -0.143. The summed E-state index contributed by atoms with van der Waals surface area (Å²) in [6, 6.07) is 11.6. The molecule has 0 bridgehead atoms. The lowest BCUT2D eigenvalue weighted by atomic mass is 10.1. The first kappa shape index (κ1) is 26.3. The van der Waals surface area contributed by atoms with Crippen LogP contribution in [0.15, 0.2) is 42.5 Å². The highest BCUT2D eigenvalue weighted by Crippen LogP contribution is 2.27. The fraction of sp³-hybridized carbons (Fsp3) is 0.440. The minimum Gasteiger partial charge on any atom is -0.496 e. The van der Waals surface area contributed by atoms with E-state index in [0.717, 1.165) is 5.56 Å². The fourth-order valence-electron chi connectivity index (χ4n) is 3.25. The van der Waals surface area contributed by atoms with Crippen molar-refractivity contribution in [3.8, 4) is 17.2 Å². The third-order valence-electron chi connectivity index (χ3n) is 4.84. The van der Waals surface area contributed by atoms with Gasteiger partial charge in [0, 0.05) is 35.3 Å². The smallest absolute Gasteiger partial charge is 0.261 e. The molecule has 0 aliphatic carbocycles. The minimum absolute atomic E-state index is 0.213. The molecule has 33 heavy (non-hydrogen) atoms. The highest BCUT2D eigenvalue weighted by atomic mass is 35.5. The van der Waals surface area contributed by atoms with E-state index in [2.05, 4.69) is 5.32 Å². The van der Waals surface area contributed by atoms with Gasteiger partial charge in [-0.15, -0.1) is 0 Å². The van der Waals surface area contributed by atoms with Gasteiger partial charge in [-0.1, -0.05) is 30.7 Å². The summed E-state index contributed by atoms with van der Waals surface area (Å²) in [6.45, 7) is 7.59. The van der Waals surface area contributed by atoms with Gasteiger partial charge in [0.2, 0.25) is 5.91 Å². The Labute approximate surface area is 201 Å². The van der Waals surface area contributed by atoms with E-state index in [9.17, 15) is 9.59 Å². The molecule has 2 aromatic carbocycles. The normalized spacial score (nSPS) is 12.0. The highest BCUT2D eigenvalue weighted by Gasteiger charge is 2.31. The first-order valence-electron chi connectivity index (χ1n) is 10.8. The largest absolute Gasteiger partial charge is 0.496 e. The van der Waals surface area contributed by atoms with Crippen molar-refractivity contribution in [2.24, 2.45) is 0 Å². The maximum absolute atomic E-state index is 13.3. The van der Waals surface area contributed by atoms with Crippen LogP contribution in [0.3, 0.4) is 0 Å². The number of rotatable bonds is 10. The molecular formula is C25H33ClN2O5. The van der Waals surface area contributed by atoms with Gasteiger partial charge in [0.1, 0.15) is 23.3 Å². The number of ether oxygens (including phenoxy) is 3. The van der Waals surface area contributed by atoms with Gasteiger partial charge >= 0.3 is 0 Å². The van der Waals surface area contributed by atoms with Crippen molar-refractivity contribution in [1.82, 2.24) is 10.2 Å². The van der Waals surface area contributed by atoms with Crippen LogP contribution < -0.4 is 19.5 Å². The second-order valence-corrected chi connectivity index (χ2v) is 9.08. The van der Waals surface area contributed by atoms with Gasteiger partial charge in [-0.25, -0.2) is 0 Å². The molecule has 180 valence electrons. The lowest BCUT2D eigenvalue weighted by Gasteiger charge is -2.33. The Bertz CT molecular complexity index is 919. The number of carbonyl (C=O) groups is 2. The fourth-order valence-corrected chi connectivity index (χ4v) is 3.38. The lowest BCUT2D eigenvalue weighted by Crippen LogP contribution is -2.54. The number of hydrogen-bond donors (Lipinski definition) is 1. The number of hydrogen-bond acceptors (Lipinski definition) is 5. The molecule has 0 heterocycles. The Morgan fingerprint density at radius 3 is 2.03 bits per heavy atom. The number of halogens is 1. The summed E-state index contributed by atoms with van der Waals surface area (Å²) in [7, 11) is 3.08. The Morgan fingerprint density at radius 1 is 1.00 bits per heavy atom. The number of nitrogens with one attached hydrogen (secondary N) is 1. The minimum atomic E-state index is -0.657. The molecular weight excluding hydrogens is 444 g/mol. The van der Waals surface area contributed by atoms with Crippen LogP contribution in [0.5, 0.6) is 17.2 Å². The summed E-state index contributed by atoms with van der Waals surface area (Å²) < 4.78 is 16.3. The van der Waals surface area contributed by atoms with Gasteiger partial charge in [0.25, 0.3) is 5.91 Å². The molecule has 8 heteroatoms. The SMILES string of the molecule is CC[C@H](C(=O)NC(C)(C)C)N(Cc1ccc(Cl)cc1)C(=O)COc1cc(OC)cc(OC)c1. The van der Waals surface area contributed by atoms with Gasteiger partial charge in [-0.3, -0.25) is 9.59 Å². The van der Waals surface area contributed by atoms with Crippen LogP contribution in [0.2, 0.25) is 5.02 Å². The molecule has 2 aromatic rings. The summed E-state index contributed by atoms with van der Waals surface area (Å²) in [4.78, 5) is 27.9. The van der Waals surface area contributed by atoms with Crippen LogP contribution in [0.1, 0.15) is 39.7 Å². The van der Waals surface area contributed by atoms with E-state index < -0.39 is 11.6 Å². The first-order valence-corrected chi connectivity index (χ1v) is 11.2. The van der Waals surface area contributed by atoms with Gasteiger partial charge in [0.15, 0.2) is 6.61 Å². The summed E-state index contributed by atoms with van der Waals surface area (Å²) in [5.41, 5.74) is 0.436. The number of nitrogens with zero attached hydrogens (tertiary/aromatic N) is 1. The van der Waals surface area contributed by atoms with Crippen molar-refractivity contribution in [2.75, 3.05) is 20.8 Å². The number of amides is 2. The average molecular weight is 477 g/mol. The summed E-state index contributed by atoms with van der Waals surface area (Å²) in [6.07, 6.45) is 0.453. The molecule has 0 saturated carbocycles. The van der Waals surface area contributed by atoms with Crippen molar-refractivity contribution in [3.05, 3.63) is 53.1 Å². The topological polar surface area (TPSA) is 77.1 Å². The zero-order valence-corrected chi connectivity index (χ0v) is 20.9. The zero-order valence-electron chi connectivity index (χ0n) is 20.1. The van der Waals surface area contributed by atoms with Crippen LogP contribution >= 0.6 is 11.6 Å². The predicted octanol–water partition coefficient (Wildman–Crippen LogP) is 4.46. The molecule has 0 aromatic heterocycles. The van der Waals surface area contributed by atoms with E-state index in [1.54, 1.807) is 35.2 Å². The number of benzene rings is 2. The molecule has 2 amide bonds. The maximum Gasteiger partial charge on any atom is 0.261 e. The van der Waals surface area contributed by atoms with Gasteiger partial charge in [-0.05, 0) is 44.9 Å². The Kier molecular flexibility index (Phi) is 9.41. The van der Waals surface area contributed by atoms with Crippen molar-refractivity contribution in [3.63, 3.8) is 0 Å². The molecule has 0 saturated heterocycles. The summed E-state index contributed by atoms with van der Waals surface area (Å²) >= 11 is 6.01. The summed E-state index contributed by atoms with van der Waals surface area (Å²) in [5, 5.41) is 3.58. The van der Waals surface area contributed by atoms with Crippen LogP contribution in [-0.2, 0) is 16.1 Å². The van der Waals surface area contributed by atoms with E-state index in [4.69, 9.17) is 25.8 Å². The van der Waals surface area contributed by atoms with E-state index in [1.165, 1.54) is 14.2 Å². The molecule has 0 unspecified atom stereocenters. The second kappa shape index (κ2) is 11.8. The van der Waals surface area contributed by atoms with Crippen LogP contribution in [-0.4, -0.2) is 49.1 Å². The Hall–Kier alpha value is -2.93. The van der Waals surface area contributed by atoms with Crippen molar-refractivity contribution in [1.29, 1.82) is 0 Å². The molecule has 0 spiro atoms. The molecule has 0 aliphatic rings. The standard InChI is InChI=1S/C25H33ClN2O5/c1-7-22(24(30)27-25(2,3)4)28(15-17-8-10-18(26)11-9-17)23(29)16-33-21-13-19(31-5)12-20(14-21)32-6/h8-14,22H,7,15-16H2,1-6H3,(H,27,30)/t22-/m1/s1. The van der Waals surface area contributed by atoms with Crippen molar-refractivity contribution < 1.29 is 23.8 Å². The molecule has 0 aliphatic heterocycles. The van der Waals surface area contributed by atoms with Gasteiger partial charge in [0.05, 0.1) is 14.2 Å². The molecule has 0 fully saturated rings. The van der Waals surface area contributed by atoms with Crippen molar-refractivity contribution in [2.45, 2.75) is 52.2 Å². The molecule has 2 rings (SSSR count). The summed E-state index contributed by atoms with van der Waals surface area (Å²) in [5.74, 6) is 0.993. The Balaban J connectivity index is 2.26. The first-order chi connectivity index (χ1) is 15.6. The number of carbonyl (C=O) groups excluding carboxylic acids is 2. The van der Waals surface area contributed by atoms with Crippen LogP contribution in [0.4, 0.5) is 0 Å². The second-order valence-electron chi connectivity index (χ2n) is 8.65. The molecule has 0 radical (unpaired) electrons. The third kappa shape index (κ3) is 8.17. The molecule has 1 atom stereocenters. The van der Waals surface area contributed by atoms with E-state index >= 15 is 0 Å². The third-order valence-corrected chi connectivity index (χ3v) is 5.09. The predicted molar refractivity (Wildman–Crippen MR) is 129 cm³/mol. The quantitative estimate of drug-likeness (QED) is 0.548.